The third-order valence-electron chi connectivity index (χ3n) is 2.46. The minimum absolute atomic E-state index is 0.218. The first-order valence-corrected chi connectivity index (χ1v) is 6.64. The molecule has 0 bridgehead atoms. The van der Waals surface area contributed by atoms with E-state index in [0.29, 0.717) is 4.88 Å². The van der Waals surface area contributed by atoms with Crippen LogP contribution < -0.4 is 5.32 Å². The zero-order valence-electron chi connectivity index (χ0n) is 11.2. The second kappa shape index (κ2) is 7.61. The molecule has 8 heteroatoms. The summed E-state index contributed by atoms with van der Waals surface area (Å²) >= 11 is 1.28. The maximum absolute atomic E-state index is 11.9. The Morgan fingerprint density at radius 1 is 1.50 bits per heavy atom. The number of hydrogen-bond acceptors (Lipinski definition) is 6. The van der Waals surface area contributed by atoms with Gasteiger partial charge in [-0.05, 0) is 11.4 Å². The Morgan fingerprint density at radius 3 is 2.70 bits per heavy atom. The average Bonchev–Trinajstić information content (AvgIpc) is 2.96. The molecule has 0 aromatic carbocycles. The molecule has 20 heavy (non-hydrogen) atoms. The lowest BCUT2D eigenvalue weighted by Gasteiger charge is -2.18. The number of amides is 2. The maximum atomic E-state index is 11.9. The number of aliphatic hydroxyl groups excluding tert-OH is 1. The van der Waals surface area contributed by atoms with Crippen molar-refractivity contribution in [3.05, 3.63) is 22.4 Å². The van der Waals surface area contributed by atoms with E-state index in [4.69, 9.17) is 5.11 Å². The highest BCUT2D eigenvalue weighted by molar-refractivity contribution is 7.12. The molecule has 0 aliphatic rings. The zero-order valence-corrected chi connectivity index (χ0v) is 12.0. The lowest BCUT2D eigenvalue weighted by molar-refractivity contribution is -0.146. The second-order valence-corrected chi connectivity index (χ2v) is 4.91. The molecule has 0 saturated heterocycles. The van der Waals surface area contributed by atoms with Crippen LogP contribution in [0.15, 0.2) is 17.5 Å². The molecule has 110 valence electrons. The number of esters is 1. The van der Waals surface area contributed by atoms with Crippen molar-refractivity contribution in [2.45, 2.75) is 6.04 Å². The zero-order chi connectivity index (χ0) is 15.1. The molecule has 0 aliphatic heterocycles. The van der Waals surface area contributed by atoms with Crippen molar-refractivity contribution in [2.24, 2.45) is 0 Å². The van der Waals surface area contributed by atoms with E-state index in [1.165, 1.54) is 23.3 Å². The van der Waals surface area contributed by atoms with Crippen LogP contribution in [0.5, 0.6) is 0 Å². The minimum Gasteiger partial charge on any atom is -0.467 e. The van der Waals surface area contributed by atoms with Crippen molar-refractivity contribution in [3.8, 4) is 0 Å². The molecule has 1 aromatic rings. The lowest BCUT2D eigenvalue weighted by Crippen LogP contribution is -2.48. The van der Waals surface area contributed by atoms with Crippen molar-refractivity contribution in [2.75, 3.05) is 27.3 Å². The quantitative estimate of drug-likeness (QED) is 0.689. The van der Waals surface area contributed by atoms with Gasteiger partial charge in [-0.15, -0.1) is 11.3 Å². The summed E-state index contributed by atoms with van der Waals surface area (Å²) in [7, 11) is 2.64. The smallest absolute Gasteiger partial charge is 0.330 e. The van der Waals surface area contributed by atoms with Crippen LogP contribution in [0.3, 0.4) is 0 Å². The van der Waals surface area contributed by atoms with Gasteiger partial charge in [0.25, 0.3) is 5.91 Å². The molecule has 0 aliphatic carbocycles. The van der Waals surface area contributed by atoms with Gasteiger partial charge in [-0.2, -0.15) is 0 Å². The summed E-state index contributed by atoms with van der Waals surface area (Å²) in [6, 6.07) is 2.27. The molecule has 2 amide bonds. The number of methoxy groups -OCH3 is 1. The lowest BCUT2D eigenvalue weighted by atomic mass is 10.3. The number of rotatable bonds is 6. The number of hydrogen-bond donors (Lipinski definition) is 2. The monoisotopic (exact) mass is 300 g/mol. The Kier molecular flexibility index (Phi) is 6.13. The summed E-state index contributed by atoms with van der Waals surface area (Å²) < 4.78 is 4.42. The molecule has 0 fully saturated rings. The summed E-state index contributed by atoms with van der Waals surface area (Å²) in [5, 5.41) is 13.0. The van der Waals surface area contributed by atoms with E-state index in [1.807, 2.05) is 0 Å². The van der Waals surface area contributed by atoms with E-state index in [1.54, 1.807) is 17.5 Å². The third-order valence-corrected chi connectivity index (χ3v) is 3.32. The number of thiophene rings is 1. The Labute approximate surface area is 120 Å². The van der Waals surface area contributed by atoms with Crippen molar-refractivity contribution >= 4 is 29.1 Å². The van der Waals surface area contributed by atoms with E-state index in [0.717, 1.165) is 7.11 Å². The van der Waals surface area contributed by atoms with Gasteiger partial charge in [0, 0.05) is 7.05 Å². The first kappa shape index (κ1) is 16.1. The summed E-state index contributed by atoms with van der Waals surface area (Å²) in [6.07, 6.45) is 0. The second-order valence-electron chi connectivity index (χ2n) is 3.96. The fourth-order valence-electron chi connectivity index (χ4n) is 1.44. The van der Waals surface area contributed by atoms with Crippen LogP contribution in [0.4, 0.5) is 0 Å². The van der Waals surface area contributed by atoms with Gasteiger partial charge in [0.1, 0.15) is 0 Å². The SMILES string of the molecule is COC(=O)C(CO)NC(=O)CN(C)C(=O)c1cccs1. The van der Waals surface area contributed by atoms with Crippen LogP contribution in [-0.2, 0) is 14.3 Å². The third kappa shape index (κ3) is 4.32. The van der Waals surface area contributed by atoms with Gasteiger partial charge in [0.2, 0.25) is 5.91 Å². The summed E-state index contributed by atoms with van der Waals surface area (Å²) in [5.74, 6) is -1.58. The Balaban J connectivity index is 2.53. The van der Waals surface area contributed by atoms with Crippen molar-refractivity contribution in [1.29, 1.82) is 0 Å². The van der Waals surface area contributed by atoms with Crippen LogP contribution in [0.25, 0.3) is 0 Å². The van der Waals surface area contributed by atoms with Gasteiger partial charge in [-0.1, -0.05) is 6.07 Å². The Hall–Kier alpha value is -1.93. The Morgan fingerprint density at radius 2 is 2.20 bits per heavy atom. The maximum Gasteiger partial charge on any atom is 0.330 e. The number of ether oxygens (including phenoxy) is 1. The van der Waals surface area contributed by atoms with Gasteiger partial charge < -0.3 is 20.1 Å². The van der Waals surface area contributed by atoms with Gasteiger partial charge in [0.15, 0.2) is 6.04 Å². The van der Waals surface area contributed by atoms with Crippen LogP contribution in [0, 0.1) is 0 Å². The van der Waals surface area contributed by atoms with E-state index >= 15 is 0 Å². The molecular formula is C12H16N2O5S. The fourth-order valence-corrected chi connectivity index (χ4v) is 2.15. The molecule has 1 unspecified atom stereocenters. The Bertz CT molecular complexity index is 474. The molecule has 0 saturated carbocycles. The van der Waals surface area contributed by atoms with Crippen molar-refractivity contribution < 1.29 is 24.2 Å². The van der Waals surface area contributed by atoms with Crippen molar-refractivity contribution in [1.82, 2.24) is 10.2 Å². The number of likely N-dealkylation sites (N-methyl/N-ethyl adjacent to an activating group) is 1. The van der Waals surface area contributed by atoms with Gasteiger partial charge >= 0.3 is 5.97 Å². The number of carbonyl (C=O) groups is 3. The molecule has 0 spiro atoms. The normalized spacial score (nSPS) is 11.6. The average molecular weight is 300 g/mol. The van der Waals surface area contributed by atoms with Gasteiger partial charge in [0.05, 0.1) is 25.1 Å². The topological polar surface area (TPSA) is 95.9 Å². The highest BCUT2D eigenvalue weighted by Crippen LogP contribution is 2.10. The van der Waals surface area contributed by atoms with Crippen LogP contribution in [0.2, 0.25) is 0 Å². The molecule has 1 heterocycles. The summed E-state index contributed by atoms with van der Waals surface area (Å²) in [6.45, 7) is -0.786. The van der Waals surface area contributed by atoms with E-state index in [9.17, 15) is 14.4 Å². The number of aliphatic hydroxyl groups is 1. The fraction of sp³-hybridized carbons (Fsp3) is 0.417. The molecule has 1 aromatic heterocycles. The molecular weight excluding hydrogens is 284 g/mol. The van der Waals surface area contributed by atoms with Crippen LogP contribution in [-0.4, -0.2) is 61.1 Å². The predicted octanol–water partition coefficient (Wildman–Crippen LogP) is -0.530. The van der Waals surface area contributed by atoms with Crippen LogP contribution in [0.1, 0.15) is 9.67 Å². The molecule has 0 radical (unpaired) electrons. The summed E-state index contributed by atoms with van der Waals surface area (Å²) in [5.41, 5.74) is 0. The predicted molar refractivity (Wildman–Crippen MR) is 72.3 cm³/mol. The molecule has 2 N–H and O–H groups in total. The summed E-state index contributed by atoms with van der Waals surface area (Å²) in [4.78, 5) is 36.6. The minimum atomic E-state index is -1.13. The highest BCUT2D eigenvalue weighted by atomic mass is 32.1. The van der Waals surface area contributed by atoms with Gasteiger partial charge in [-0.25, -0.2) is 4.79 Å². The van der Waals surface area contributed by atoms with E-state index < -0.39 is 24.5 Å². The molecule has 1 atom stereocenters. The first-order valence-electron chi connectivity index (χ1n) is 5.76. The number of nitrogens with one attached hydrogen (secondary N) is 1. The number of nitrogens with zero attached hydrogens (tertiary/aromatic N) is 1. The van der Waals surface area contributed by atoms with Crippen molar-refractivity contribution in [3.63, 3.8) is 0 Å². The standard InChI is InChI=1S/C12H16N2O5S/c1-14(11(17)9-4-3-5-20-9)6-10(16)13-8(7-15)12(18)19-2/h3-5,8,15H,6-7H2,1-2H3,(H,13,16). The van der Waals surface area contributed by atoms with E-state index in [-0.39, 0.29) is 12.5 Å². The van der Waals surface area contributed by atoms with Gasteiger partial charge in [-0.3, -0.25) is 9.59 Å². The number of carbonyl (C=O) groups excluding carboxylic acids is 3. The largest absolute Gasteiger partial charge is 0.467 e. The van der Waals surface area contributed by atoms with E-state index in [2.05, 4.69) is 10.1 Å². The highest BCUT2D eigenvalue weighted by Gasteiger charge is 2.22. The first-order chi connectivity index (χ1) is 9.49. The molecule has 1 rings (SSSR count). The molecule has 7 nitrogen and oxygen atoms in total. The van der Waals surface area contributed by atoms with Crippen LogP contribution >= 0.6 is 11.3 Å².